The van der Waals surface area contributed by atoms with Crippen LogP contribution in [0.1, 0.15) is 45.7 Å². The third-order valence-corrected chi connectivity index (χ3v) is 5.07. The van der Waals surface area contributed by atoms with Crippen LogP contribution in [0.5, 0.6) is 0 Å². The van der Waals surface area contributed by atoms with Crippen molar-refractivity contribution in [2.45, 2.75) is 53.7 Å². The number of hydrogen-bond donors (Lipinski definition) is 5. The van der Waals surface area contributed by atoms with Gasteiger partial charge < -0.3 is 31.3 Å². The minimum absolute atomic E-state index is 0.0304. The molecule has 0 saturated heterocycles. The molecular weight excluding hydrogens is 526 g/mol. The first kappa shape index (κ1) is 36.8. The number of carbonyl (C=O) groups is 5. The summed E-state index contributed by atoms with van der Waals surface area (Å²) in [5.74, 6) is -0.882. The maximum Gasteiger partial charge on any atom is 0.308 e. The van der Waals surface area contributed by atoms with Crippen molar-refractivity contribution in [2.75, 3.05) is 31.5 Å². The maximum atomic E-state index is 11.3. The molecule has 0 aliphatic rings. The highest BCUT2D eigenvalue weighted by Crippen LogP contribution is 2.11. The number of nitrogens with one attached hydrogen (secondary N) is 5. The Morgan fingerprint density at radius 3 is 1.83 bits per heavy atom. The summed E-state index contributed by atoms with van der Waals surface area (Å²) < 4.78 is 5.09. The van der Waals surface area contributed by atoms with Gasteiger partial charge >= 0.3 is 5.97 Å². The highest BCUT2D eigenvalue weighted by molar-refractivity contribution is 5.93. The van der Waals surface area contributed by atoms with Crippen molar-refractivity contribution < 1.29 is 28.7 Å². The standard InChI is InChI=1S/C14H18N2O4.C12H16N2O2.C4H11N/c1-10(2)14(19)20-8-11-3-5-12(6-4-11)16-13(18)7-15-9-17;1-10(14-12(16)8-13-9-15)7-11-5-3-2-4-6-11;1-3-5-4-2/h3-6,9-10H,7-8H2,1-2H3,(H,15,17)(H,16,18);2-6,9-10H,7-8H2,1H3,(H,13,15)(H,14,16);5H,3-4H2,1-2H3. The third-order valence-electron chi connectivity index (χ3n) is 5.07. The summed E-state index contributed by atoms with van der Waals surface area (Å²) >= 11 is 0. The van der Waals surface area contributed by atoms with Crippen molar-refractivity contribution in [2.24, 2.45) is 5.92 Å². The van der Waals surface area contributed by atoms with Crippen LogP contribution in [0.4, 0.5) is 5.69 Å². The fraction of sp³-hybridized carbons (Fsp3) is 0.433. The highest BCUT2D eigenvalue weighted by atomic mass is 16.5. The Labute approximate surface area is 243 Å². The molecule has 0 aliphatic carbocycles. The molecule has 4 amide bonds. The molecule has 2 rings (SSSR count). The van der Waals surface area contributed by atoms with Crippen LogP contribution in [0, 0.1) is 5.92 Å². The van der Waals surface area contributed by atoms with E-state index in [0.29, 0.717) is 18.5 Å². The van der Waals surface area contributed by atoms with Crippen molar-refractivity contribution >= 4 is 36.3 Å². The van der Waals surface area contributed by atoms with E-state index >= 15 is 0 Å². The van der Waals surface area contributed by atoms with Gasteiger partial charge in [-0.25, -0.2) is 0 Å². The molecule has 5 N–H and O–H groups in total. The Morgan fingerprint density at radius 1 is 0.780 bits per heavy atom. The lowest BCUT2D eigenvalue weighted by Crippen LogP contribution is -2.39. The first-order valence-corrected chi connectivity index (χ1v) is 13.6. The number of anilines is 1. The first-order chi connectivity index (χ1) is 19.7. The number of benzene rings is 2. The molecule has 11 nitrogen and oxygen atoms in total. The second kappa shape index (κ2) is 23.6. The lowest BCUT2D eigenvalue weighted by molar-refractivity contribution is -0.148. The minimum Gasteiger partial charge on any atom is -0.461 e. The van der Waals surface area contributed by atoms with Gasteiger partial charge in [-0.15, -0.1) is 0 Å². The van der Waals surface area contributed by atoms with E-state index in [-0.39, 0.29) is 49.4 Å². The molecule has 1 atom stereocenters. The van der Waals surface area contributed by atoms with Crippen LogP contribution < -0.4 is 26.6 Å². The molecule has 2 aromatic carbocycles. The average Bonchev–Trinajstić information content (AvgIpc) is 2.96. The number of carbonyl (C=O) groups excluding carboxylic acids is 5. The molecule has 226 valence electrons. The van der Waals surface area contributed by atoms with Crippen LogP contribution in [0.3, 0.4) is 0 Å². The van der Waals surface area contributed by atoms with Crippen molar-refractivity contribution in [3.8, 4) is 0 Å². The van der Waals surface area contributed by atoms with Crippen molar-refractivity contribution in [3.63, 3.8) is 0 Å². The van der Waals surface area contributed by atoms with Gasteiger partial charge in [-0.2, -0.15) is 0 Å². The molecule has 0 heterocycles. The summed E-state index contributed by atoms with van der Waals surface area (Å²) in [4.78, 5) is 54.0. The maximum absolute atomic E-state index is 11.3. The second-order valence-electron chi connectivity index (χ2n) is 9.12. The second-order valence-corrected chi connectivity index (χ2v) is 9.12. The van der Waals surface area contributed by atoms with Crippen LogP contribution in [0.15, 0.2) is 54.6 Å². The zero-order valence-electron chi connectivity index (χ0n) is 24.7. The van der Waals surface area contributed by atoms with Crippen molar-refractivity contribution in [1.29, 1.82) is 0 Å². The molecule has 0 aliphatic heterocycles. The zero-order chi connectivity index (χ0) is 30.9. The van der Waals surface area contributed by atoms with E-state index in [1.165, 1.54) is 5.56 Å². The smallest absolute Gasteiger partial charge is 0.308 e. The summed E-state index contributed by atoms with van der Waals surface area (Å²) in [6, 6.07) is 16.9. The fourth-order valence-corrected chi connectivity index (χ4v) is 3.07. The zero-order valence-corrected chi connectivity index (χ0v) is 24.7. The largest absolute Gasteiger partial charge is 0.461 e. The Morgan fingerprint density at radius 2 is 1.34 bits per heavy atom. The molecule has 0 radical (unpaired) electrons. The first-order valence-electron chi connectivity index (χ1n) is 13.6. The molecule has 11 heteroatoms. The molecule has 2 aromatic rings. The SMILES string of the molecule is CC(C)C(=O)OCc1ccc(NC(=O)CNC=O)cc1.CC(Cc1ccccc1)NC(=O)CNC=O.CCNCC. The Balaban J connectivity index is 0.000000681. The molecule has 0 fully saturated rings. The minimum atomic E-state index is -0.309. The quantitative estimate of drug-likeness (QED) is 0.162. The van der Waals surface area contributed by atoms with E-state index in [1.54, 1.807) is 38.1 Å². The number of esters is 1. The molecule has 41 heavy (non-hydrogen) atoms. The van der Waals surface area contributed by atoms with Crippen LogP contribution >= 0.6 is 0 Å². The summed E-state index contributed by atoms with van der Waals surface area (Å²) in [5.41, 5.74) is 2.63. The topological polar surface area (TPSA) is 155 Å². The van der Waals surface area contributed by atoms with E-state index in [9.17, 15) is 24.0 Å². The summed E-state index contributed by atoms with van der Waals surface area (Å²) in [7, 11) is 0. The van der Waals surface area contributed by atoms with Gasteiger partial charge in [0.15, 0.2) is 0 Å². The van der Waals surface area contributed by atoms with E-state index < -0.39 is 0 Å². The predicted octanol–water partition coefficient (Wildman–Crippen LogP) is 2.17. The van der Waals surface area contributed by atoms with Gasteiger partial charge in [-0.05, 0) is 49.7 Å². The van der Waals surface area contributed by atoms with Gasteiger partial charge in [0, 0.05) is 11.7 Å². The van der Waals surface area contributed by atoms with Crippen LogP contribution in [0.25, 0.3) is 0 Å². The van der Waals surface area contributed by atoms with E-state index in [2.05, 4.69) is 40.4 Å². The summed E-state index contributed by atoms with van der Waals surface area (Å²) in [5, 5.41) is 13.1. The molecular formula is C30H45N5O6. The van der Waals surface area contributed by atoms with Crippen molar-refractivity contribution in [1.82, 2.24) is 21.3 Å². The highest BCUT2D eigenvalue weighted by Gasteiger charge is 2.09. The fourth-order valence-electron chi connectivity index (χ4n) is 3.07. The van der Waals surface area contributed by atoms with E-state index in [1.807, 2.05) is 37.3 Å². The lowest BCUT2D eigenvalue weighted by atomic mass is 10.1. The summed E-state index contributed by atoms with van der Waals surface area (Å²) in [6.07, 6.45) is 1.76. The van der Waals surface area contributed by atoms with Gasteiger partial charge in [-0.1, -0.05) is 70.2 Å². The van der Waals surface area contributed by atoms with E-state index in [0.717, 1.165) is 25.1 Å². The van der Waals surface area contributed by atoms with Crippen molar-refractivity contribution in [3.05, 3.63) is 65.7 Å². The van der Waals surface area contributed by atoms with Gasteiger partial charge in [0.05, 0.1) is 19.0 Å². The van der Waals surface area contributed by atoms with Crippen LogP contribution in [-0.2, 0) is 41.7 Å². The Hall–Kier alpha value is -4.25. The van der Waals surface area contributed by atoms with Gasteiger partial charge in [0.2, 0.25) is 24.6 Å². The molecule has 0 bridgehead atoms. The molecule has 1 unspecified atom stereocenters. The summed E-state index contributed by atoms with van der Waals surface area (Å²) in [6.45, 7) is 12.0. The number of ether oxygens (including phenoxy) is 1. The average molecular weight is 572 g/mol. The number of hydrogen-bond acceptors (Lipinski definition) is 7. The monoisotopic (exact) mass is 571 g/mol. The van der Waals surface area contributed by atoms with Crippen LogP contribution in [0.2, 0.25) is 0 Å². The third kappa shape index (κ3) is 20.3. The predicted molar refractivity (Wildman–Crippen MR) is 160 cm³/mol. The van der Waals surface area contributed by atoms with E-state index in [4.69, 9.17) is 4.74 Å². The lowest BCUT2D eigenvalue weighted by Gasteiger charge is -2.13. The van der Waals surface area contributed by atoms with Gasteiger partial charge in [-0.3, -0.25) is 24.0 Å². The van der Waals surface area contributed by atoms with Gasteiger partial charge in [0.1, 0.15) is 6.61 Å². The molecule has 0 spiro atoms. The van der Waals surface area contributed by atoms with Gasteiger partial charge in [0.25, 0.3) is 0 Å². The molecule has 0 saturated carbocycles. The Kier molecular flexibility index (Phi) is 21.2. The van der Waals surface area contributed by atoms with Crippen LogP contribution in [-0.4, -0.2) is 62.8 Å². The normalized spacial score (nSPS) is 10.4. The molecule has 0 aromatic heterocycles. The Bertz CT molecular complexity index is 1010. The number of rotatable bonds is 15. The number of amides is 4.